The summed E-state index contributed by atoms with van der Waals surface area (Å²) in [5.41, 5.74) is 1.18. The molecule has 102 valence electrons. The highest BCUT2D eigenvalue weighted by Crippen LogP contribution is 2.38. The molecule has 2 rings (SSSR count). The number of hydrogen-bond donors (Lipinski definition) is 1. The van der Waals surface area contributed by atoms with Crippen LogP contribution < -0.4 is 5.32 Å². The van der Waals surface area contributed by atoms with Crippen LogP contribution in [0.3, 0.4) is 0 Å². The van der Waals surface area contributed by atoms with Crippen molar-refractivity contribution < 1.29 is 0 Å². The summed E-state index contributed by atoms with van der Waals surface area (Å²) in [5.74, 6) is 0. The summed E-state index contributed by atoms with van der Waals surface area (Å²) in [4.78, 5) is 2.56. The van der Waals surface area contributed by atoms with Crippen LogP contribution >= 0.6 is 34.5 Å². The fraction of sp³-hybridized carbons (Fsp3) is 0.692. The smallest absolute Gasteiger partial charge is 0.0991 e. The predicted octanol–water partition coefficient (Wildman–Crippen LogP) is 4.19. The molecule has 0 saturated carbocycles. The molecule has 1 aromatic rings. The lowest BCUT2D eigenvalue weighted by atomic mass is 9.98. The summed E-state index contributed by atoms with van der Waals surface area (Å²) in [6, 6.07) is 2.97. The number of likely N-dealkylation sites (N-methyl/N-ethyl adjacent to an activating group) is 1. The molecule has 0 bridgehead atoms. The van der Waals surface area contributed by atoms with E-state index in [1.54, 1.807) is 0 Å². The van der Waals surface area contributed by atoms with Gasteiger partial charge in [-0.25, -0.2) is 0 Å². The van der Waals surface area contributed by atoms with Crippen molar-refractivity contribution in [2.24, 2.45) is 0 Å². The normalized spacial score (nSPS) is 23.2. The van der Waals surface area contributed by atoms with Gasteiger partial charge >= 0.3 is 0 Å². The Kier molecular flexibility index (Phi) is 5.34. The minimum Gasteiger partial charge on any atom is -0.318 e. The second-order valence-electron chi connectivity index (χ2n) is 4.90. The fourth-order valence-electron chi connectivity index (χ4n) is 2.80. The van der Waals surface area contributed by atoms with Gasteiger partial charge in [-0.2, -0.15) is 0 Å². The number of hydrogen-bond acceptors (Lipinski definition) is 3. The number of nitrogens with zero attached hydrogens (tertiary/aromatic N) is 1. The first-order chi connectivity index (χ1) is 8.63. The van der Waals surface area contributed by atoms with Gasteiger partial charge in [-0.05, 0) is 39.4 Å². The molecule has 2 nitrogen and oxygen atoms in total. The average Bonchev–Trinajstić information content (AvgIpc) is 2.69. The molecule has 1 aromatic heterocycles. The number of piperidine rings is 1. The van der Waals surface area contributed by atoms with Crippen molar-refractivity contribution >= 4 is 34.5 Å². The van der Waals surface area contributed by atoms with Gasteiger partial charge in [-0.15, -0.1) is 11.3 Å². The Morgan fingerprint density at radius 2 is 2.28 bits per heavy atom. The van der Waals surface area contributed by atoms with Gasteiger partial charge in [0, 0.05) is 24.2 Å². The Hall–Kier alpha value is 0.200. The Morgan fingerprint density at radius 3 is 2.89 bits per heavy atom. The molecule has 5 heteroatoms. The zero-order valence-corrected chi connectivity index (χ0v) is 13.2. The van der Waals surface area contributed by atoms with E-state index >= 15 is 0 Å². The van der Waals surface area contributed by atoms with Crippen LogP contribution in [0.1, 0.15) is 37.8 Å². The summed E-state index contributed by atoms with van der Waals surface area (Å²) >= 11 is 13.8. The van der Waals surface area contributed by atoms with Crippen molar-refractivity contribution in [3.63, 3.8) is 0 Å². The fourth-order valence-corrected chi connectivity index (χ4v) is 4.44. The van der Waals surface area contributed by atoms with Gasteiger partial charge in [-0.1, -0.05) is 29.6 Å². The number of nitrogens with one attached hydrogen (secondary N) is 1. The lowest BCUT2D eigenvalue weighted by Crippen LogP contribution is -2.45. The third-order valence-electron chi connectivity index (χ3n) is 3.74. The average molecular weight is 307 g/mol. The zero-order valence-electron chi connectivity index (χ0n) is 10.9. The second kappa shape index (κ2) is 6.58. The zero-order chi connectivity index (χ0) is 13.1. The maximum Gasteiger partial charge on any atom is 0.0991 e. The summed E-state index contributed by atoms with van der Waals surface area (Å²) in [6.45, 7) is 4.43. The molecule has 0 spiro atoms. The molecule has 1 aliphatic heterocycles. The number of halogens is 2. The lowest BCUT2D eigenvalue weighted by Gasteiger charge is -2.40. The van der Waals surface area contributed by atoms with E-state index in [0.717, 1.165) is 21.8 Å². The van der Waals surface area contributed by atoms with Crippen molar-refractivity contribution in [2.45, 2.75) is 38.3 Å². The first kappa shape index (κ1) is 14.6. The summed E-state index contributed by atoms with van der Waals surface area (Å²) < 4.78 is 1.62. The van der Waals surface area contributed by atoms with Crippen LogP contribution in [0.2, 0.25) is 8.67 Å². The topological polar surface area (TPSA) is 15.3 Å². The molecule has 18 heavy (non-hydrogen) atoms. The Labute approximate surface area is 123 Å². The Morgan fingerprint density at radius 1 is 1.50 bits per heavy atom. The minimum absolute atomic E-state index is 0.347. The predicted molar refractivity (Wildman–Crippen MR) is 81.0 cm³/mol. The number of thiophene rings is 1. The van der Waals surface area contributed by atoms with Gasteiger partial charge in [0.1, 0.15) is 0 Å². The van der Waals surface area contributed by atoms with E-state index in [4.69, 9.17) is 23.2 Å². The van der Waals surface area contributed by atoms with Gasteiger partial charge in [0.25, 0.3) is 0 Å². The van der Waals surface area contributed by atoms with E-state index in [9.17, 15) is 0 Å². The summed E-state index contributed by atoms with van der Waals surface area (Å²) in [5, 5.41) is 3.30. The summed E-state index contributed by atoms with van der Waals surface area (Å²) in [6.07, 6.45) is 3.87. The van der Waals surface area contributed by atoms with E-state index < -0.39 is 0 Å². The van der Waals surface area contributed by atoms with E-state index in [2.05, 4.69) is 17.1 Å². The molecular formula is C13H20Cl2N2S. The van der Waals surface area contributed by atoms with E-state index in [1.807, 2.05) is 13.1 Å². The molecule has 2 atom stereocenters. The van der Waals surface area contributed by atoms with Gasteiger partial charge < -0.3 is 5.32 Å². The molecule has 1 saturated heterocycles. The van der Waals surface area contributed by atoms with Crippen LogP contribution in [-0.2, 0) is 0 Å². The van der Waals surface area contributed by atoms with E-state index in [0.29, 0.717) is 12.1 Å². The highest BCUT2D eigenvalue weighted by atomic mass is 35.5. The monoisotopic (exact) mass is 306 g/mol. The van der Waals surface area contributed by atoms with Crippen LogP contribution in [0.15, 0.2) is 6.07 Å². The molecule has 2 heterocycles. The quantitative estimate of drug-likeness (QED) is 0.897. The van der Waals surface area contributed by atoms with E-state index in [-0.39, 0.29) is 0 Å². The molecule has 0 amide bonds. The third kappa shape index (κ3) is 3.20. The first-order valence-electron chi connectivity index (χ1n) is 6.48. The van der Waals surface area contributed by atoms with E-state index in [1.165, 1.54) is 36.2 Å². The van der Waals surface area contributed by atoms with Gasteiger partial charge in [0.15, 0.2) is 0 Å². The molecular weight excluding hydrogens is 287 g/mol. The first-order valence-corrected chi connectivity index (χ1v) is 8.05. The van der Waals surface area contributed by atoms with Crippen molar-refractivity contribution in [3.8, 4) is 0 Å². The highest BCUT2D eigenvalue weighted by Gasteiger charge is 2.28. The Balaban J connectivity index is 2.15. The van der Waals surface area contributed by atoms with Gasteiger partial charge in [0.2, 0.25) is 0 Å². The number of rotatable bonds is 4. The Bertz CT molecular complexity index is 392. The molecule has 1 aliphatic rings. The van der Waals surface area contributed by atoms with Crippen LogP contribution in [0.4, 0.5) is 0 Å². The number of likely N-dealkylation sites (tertiary alicyclic amines) is 1. The van der Waals surface area contributed by atoms with Crippen molar-refractivity contribution in [1.29, 1.82) is 0 Å². The molecule has 0 aliphatic carbocycles. The minimum atomic E-state index is 0.347. The van der Waals surface area contributed by atoms with Crippen LogP contribution in [0, 0.1) is 0 Å². The molecule has 0 radical (unpaired) electrons. The summed E-state index contributed by atoms with van der Waals surface area (Å²) in [7, 11) is 2.02. The second-order valence-corrected chi connectivity index (χ2v) is 7.19. The maximum absolute atomic E-state index is 6.28. The van der Waals surface area contributed by atoms with Gasteiger partial charge in [-0.3, -0.25) is 4.90 Å². The van der Waals surface area contributed by atoms with Crippen molar-refractivity contribution in [1.82, 2.24) is 10.2 Å². The van der Waals surface area contributed by atoms with Crippen LogP contribution in [-0.4, -0.2) is 31.1 Å². The highest BCUT2D eigenvalue weighted by molar-refractivity contribution is 7.20. The standard InChI is InChI=1S/C13H20Cl2N2S/c1-9(11-7-12(14)18-13(11)15)17-6-4-3-5-10(17)8-16-2/h7,9-10,16H,3-6,8H2,1-2H3. The third-order valence-corrected chi connectivity index (χ3v) is 5.26. The largest absolute Gasteiger partial charge is 0.318 e. The van der Waals surface area contributed by atoms with Crippen molar-refractivity contribution in [3.05, 3.63) is 20.3 Å². The van der Waals surface area contributed by atoms with Gasteiger partial charge in [0.05, 0.1) is 8.67 Å². The molecule has 0 aromatic carbocycles. The van der Waals surface area contributed by atoms with Crippen LogP contribution in [0.25, 0.3) is 0 Å². The SMILES string of the molecule is CNCC1CCCCN1C(C)c1cc(Cl)sc1Cl. The van der Waals surface area contributed by atoms with Crippen LogP contribution in [0.5, 0.6) is 0 Å². The molecule has 1 fully saturated rings. The molecule has 1 N–H and O–H groups in total. The maximum atomic E-state index is 6.28. The van der Waals surface area contributed by atoms with Crippen molar-refractivity contribution in [2.75, 3.05) is 20.1 Å². The lowest BCUT2D eigenvalue weighted by molar-refractivity contribution is 0.103. The molecule has 2 unspecified atom stereocenters.